The van der Waals surface area contributed by atoms with Gasteiger partial charge in [0.2, 0.25) is 0 Å². The van der Waals surface area contributed by atoms with Crippen LogP contribution < -0.4 is 5.56 Å². The summed E-state index contributed by atoms with van der Waals surface area (Å²) in [4.78, 5) is 28.5. The molecule has 6 heteroatoms. The number of ketones is 1. The maximum atomic E-state index is 11.8. The van der Waals surface area contributed by atoms with E-state index in [1.807, 2.05) is 42.5 Å². The molecule has 25 heavy (non-hydrogen) atoms. The van der Waals surface area contributed by atoms with Crippen LogP contribution in [-0.2, 0) is 0 Å². The second-order valence-electron chi connectivity index (χ2n) is 5.48. The average molecular weight is 347 g/mol. The molecule has 1 aromatic heterocycles. The number of hydrogen-bond donors (Lipinski definition) is 2. The summed E-state index contributed by atoms with van der Waals surface area (Å²) in [6, 6.07) is 16.6. The molecular formula is C19H13N3O2S. The summed E-state index contributed by atoms with van der Waals surface area (Å²) in [5.41, 5.74) is 3.16. The fourth-order valence-corrected chi connectivity index (χ4v) is 2.73. The molecule has 2 aromatic carbocycles. The first-order valence-electron chi connectivity index (χ1n) is 7.48. The van der Waals surface area contributed by atoms with E-state index >= 15 is 0 Å². The fraction of sp³-hybridized carbons (Fsp3) is 0.0526. The molecule has 0 fully saturated rings. The van der Waals surface area contributed by atoms with E-state index in [0.717, 1.165) is 11.1 Å². The molecule has 0 saturated heterocycles. The Hall–Kier alpha value is -3.30. The Morgan fingerprint density at radius 1 is 0.960 bits per heavy atom. The summed E-state index contributed by atoms with van der Waals surface area (Å²) >= 11 is 4.98. The monoisotopic (exact) mass is 347 g/mol. The standard InChI is InChI=1S/C19H13N3O2S/c1-11(23)12-2-4-13(5-3-12)14-6-8-15(9-7-14)17-16(10-20)18(24)22-19(25)21-17/h2-9H,1H3,(H2,21,22,24,25). The predicted molar refractivity (Wildman–Crippen MR) is 97.8 cm³/mol. The quantitative estimate of drug-likeness (QED) is 0.556. The van der Waals surface area contributed by atoms with Crippen molar-refractivity contribution in [2.24, 2.45) is 0 Å². The highest BCUT2D eigenvalue weighted by Gasteiger charge is 2.10. The van der Waals surface area contributed by atoms with E-state index in [1.54, 1.807) is 12.1 Å². The molecule has 0 amide bonds. The summed E-state index contributed by atoms with van der Waals surface area (Å²) in [5, 5.41) is 9.20. The number of H-pyrrole nitrogens is 2. The number of nitriles is 1. The van der Waals surface area contributed by atoms with Gasteiger partial charge < -0.3 is 4.98 Å². The van der Waals surface area contributed by atoms with E-state index in [4.69, 9.17) is 12.2 Å². The number of benzene rings is 2. The third-order valence-corrected chi connectivity index (χ3v) is 4.06. The first-order valence-corrected chi connectivity index (χ1v) is 7.89. The van der Waals surface area contributed by atoms with Crippen LogP contribution in [0.3, 0.4) is 0 Å². The van der Waals surface area contributed by atoms with E-state index < -0.39 is 5.56 Å². The van der Waals surface area contributed by atoms with Crippen LogP contribution in [0.15, 0.2) is 53.3 Å². The van der Waals surface area contributed by atoms with Gasteiger partial charge in [0.05, 0.1) is 5.69 Å². The van der Waals surface area contributed by atoms with E-state index in [0.29, 0.717) is 16.8 Å². The highest BCUT2D eigenvalue weighted by molar-refractivity contribution is 7.71. The Labute approximate surface area is 148 Å². The van der Waals surface area contributed by atoms with Gasteiger partial charge in [-0.25, -0.2) is 0 Å². The SMILES string of the molecule is CC(=O)c1ccc(-c2ccc(-c3[nH]c(=S)[nH]c(=O)c3C#N)cc2)cc1. The van der Waals surface area contributed by atoms with Gasteiger partial charge in [-0.05, 0) is 35.8 Å². The number of aromatic nitrogens is 2. The van der Waals surface area contributed by atoms with Gasteiger partial charge in [-0.15, -0.1) is 0 Å². The van der Waals surface area contributed by atoms with Crippen molar-refractivity contribution >= 4 is 18.0 Å². The number of Topliss-reactive ketones (excluding diaryl/α,β-unsaturated/α-hetero) is 1. The lowest BCUT2D eigenvalue weighted by Crippen LogP contribution is -2.13. The van der Waals surface area contributed by atoms with Crippen molar-refractivity contribution in [1.29, 1.82) is 5.26 Å². The van der Waals surface area contributed by atoms with Crippen molar-refractivity contribution in [3.63, 3.8) is 0 Å². The van der Waals surface area contributed by atoms with Crippen LogP contribution in [0.5, 0.6) is 0 Å². The maximum absolute atomic E-state index is 11.8. The molecular weight excluding hydrogens is 334 g/mol. The van der Waals surface area contributed by atoms with Crippen molar-refractivity contribution in [3.8, 4) is 28.5 Å². The molecule has 0 radical (unpaired) electrons. The van der Waals surface area contributed by atoms with E-state index in [2.05, 4.69) is 9.97 Å². The lowest BCUT2D eigenvalue weighted by Gasteiger charge is -2.07. The summed E-state index contributed by atoms with van der Waals surface area (Å²) in [5.74, 6) is 0.0236. The van der Waals surface area contributed by atoms with Gasteiger partial charge >= 0.3 is 0 Å². The summed E-state index contributed by atoms with van der Waals surface area (Å²) < 4.78 is 0.169. The van der Waals surface area contributed by atoms with Crippen LogP contribution in [0.2, 0.25) is 0 Å². The highest BCUT2D eigenvalue weighted by Crippen LogP contribution is 2.25. The minimum atomic E-state index is -0.509. The van der Waals surface area contributed by atoms with Crippen LogP contribution in [0.1, 0.15) is 22.8 Å². The third-order valence-electron chi connectivity index (χ3n) is 3.85. The highest BCUT2D eigenvalue weighted by atomic mass is 32.1. The normalized spacial score (nSPS) is 10.2. The largest absolute Gasteiger partial charge is 0.331 e. The van der Waals surface area contributed by atoms with Gasteiger partial charge in [0.15, 0.2) is 10.6 Å². The number of nitrogens with zero attached hydrogens (tertiary/aromatic N) is 1. The zero-order valence-electron chi connectivity index (χ0n) is 13.3. The Balaban J connectivity index is 2.01. The summed E-state index contributed by atoms with van der Waals surface area (Å²) in [6.07, 6.45) is 0. The van der Waals surface area contributed by atoms with Crippen molar-refractivity contribution in [2.45, 2.75) is 6.92 Å². The van der Waals surface area contributed by atoms with Crippen LogP contribution >= 0.6 is 12.2 Å². The lowest BCUT2D eigenvalue weighted by molar-refractivity contribution is 0.101. The minimum absolute atomic E-state index is 0.00726. The molecule has 122 valence electrons. The molecule has 3 rings (SSSR count). The van der Waals surface area contributed by atoms with Gasteiger partial charge in [-0.3, -0.25) is 14.6 Å². The van der Waals surface area contributed by atoms with E-state index in [1.165, 1.54) is 6.92 Å². The molecule has 0 saturated carbocycles. The number of carbonyl (C=O) groups is 1. The number of nitrogens with one attached hydrogen (secondary N) is 2. The van der Waals surface area contributed by atoms with Crippen molar-refractivity contribution in [2.75, 3.05) is 0 Å². The van der Waals surface area contributed by atoms with Gasteiger partial charge in [-0.2, -0.15) is 5.26 Å². The van der Waals surface area contributed by atoms with E-state index in [9.17, 15) is 14.9 Å². The molecule has 0 atom stereocenters. The molecule has 1 heterocycles. The molecule has 2 N–H and O–H groups in total. The zero-order valence-corrected chi connectivity index (χ0v) is 14.1. The molecule has 0 unspecified atom stereocenters. The molecule has 5 nitrogen and oxygen atoms in total. The summed E-state index contributed by atoms with van der Waals surface area (Å²) in [7, 11) is 0. The zero-order chi connectivity index (χ0) is 18.0. The number of carbonyl (C=O) groups excluding carboxylic acids is 1. The van der Waals surface area contributed by atoms with E-state index in [-0.39, 0.29) is 16.1 Å². The Morgan fingerprint density at radius 3 is 2.00 bits per heavy atom. The van der Waals surface area contributed by atoms with Crippen molar-refractivity contribution in [1.82, 2.24) is 9.97 Å². The Bertz CT molecular complexity index is 1100. The molecule has 0 spiro atoms. The first-order chi connectivity index (χ1) is 12.0. The first kappa shape index (κ1) is 16.6. The number of aromatic amines is 2. The molecule has 0 bridgehead atoms. The fourth-order valence-electron chi connectivity index (χ4n) is 2.54. The van der Waals surface area contributed by atoms with Crippen LogP contribution in [-0.4, -0.2) is 15.8 Å². The van der Waals surface area contributed by atoms with Crippen LogP contribution in [0.4, 0.5) is 0 Å². The van der Waals surface area contributed by atoms with Gasteiger partial charge in [0.25, 0.3) is 5.56 Å². The second kappa shape index (κ2) is 6.67. The maximum Gasteiger partial charge on any atom is 0.270 e. The van der Waals surface area contributed by atoms with Gasteiger partial charge in [0.1, 0.15) is 11.6 Å². The minimum Gasteiger partial charge on any atom is -0.331 e. The van der Waals surface area contributed by atoms with Crippen LogP contribution in [0.25, 0.3) is 22.4 Å². The Morgan fingerprint density at radius 2 is 1.48 bits per heavy atom. The van der Waals surface area contributed by atoms with Gasteiger partial charge in [-0.1, -0.05) is 48.5 Å². The molecule has 3 aromatic rings. The number of hydrogen-bond acceptors (Lipinski definition) is 4. The average Bonchev–Trinajstić information content (AvgIpc) is 2.61. The Kier molecular flexibility index (Phi) is 4.42. The number of rotatable bonds is 3. The van der Waals surface area contributed by atoms with Crippen molar-refractivity contribution in [3.05, 3.63) is 74.8 Å². The lowest BCUT2D eigenvalue weighted by atomic mass is 10.00. The third kappa shape index (κ3) is 3.32. The molecule has 0 aliphatic rings. The topological polar surface area (TPSA) is 89.5 Å². The summed E-state index contributed by atoms with van der Waals surface area (Å²) in [6.45, 7) is 1.53. The van der Waals surface area contributed by atoms with Gasteiger partial charge in [0, 0.05) is 5.56 Å². The predicted octanol–water partition coefficient (Wildman–Crippen LogP) is 3.84. The van der Waals surface area contributed by atoms with Crippen molar-refractivity contribution < 1.29 is 4.79 Å². The second-order valence-corrected chi connectivity index (χ2v) is 5.89. The molecule has 0 aliphatic heterocycles. The van der Waals surface area contributed by atoms with Crippen LogP contribution in [0, 0.1) is 16.1 Å². The smallest absolute Gasteiger partial charge is 0.270 e. The molecule has 0 aliphatic carbocycles.